The molecule has 7 nitrogen and oxygen atoms in total. The Balaban J connectivity index is 1.60. The van der Waals surface area contributed by atoms with Gasteiger partial charge in [0.1, 0.15) is 11.4 Å². The van der Waals surface area contributed by atoms with Crippen molar-refractivity contribution in [3.05, 3.63) is 58.7 Å². The van der Waals surface area contributed by atoms with Gasteiger partial charge in [0.05, 0.1) is 0 Å². The van der Waals surface area contributed by atoms with Crippen molar-refractivity contribution < 1.29 is 9.21 Å². The van der Waals surface area contributed by atoms with Gasteiger partial charge in [-0.2, -0.15) is 0 Å². The molecule has 0 bridgehead atoms. The number of carbonyl (C=O) groups excluding carboxylic acids is 1. The van der Waals surface area contributed by atoms with Gasteiger partial charge < -0.3 is 14.3 Å². The van der Waals surface area contributed by atoms with E-state index in [0.717, 1.165) is 34.8 Å². The van der Waals surface area contributed by atoms with Crippen LogP contribution in [0.2, 0.25) is 0 Å². The highest BCUT2D eigenvalue weighted by Gasteiger charge is 2.23. The Labute approximate surface area is 184 Å². The van der Waals surface area contributed by atoms with Gasteiger partial charge in [0.15, 0.2) is 5.16 Å². The maximum absolute atomic E-state index is 12.1. The van der Waals surface area contributed by atoms with Gasteiger partial charge in [0, 0.05) is 48.3 Å². The molecule has 162 valence electrons. The number of hydrogen-bond acceptors (Lipinski definition) is 6. The van der Waals surface area contributed by atoms with E-state index < -0.39 is 5.63 Å². The van der Waals surface area contributed by atoms with Crippen LogP contribution < -0.4 is 10.9 Å². The fourth-order valence-corrected chi connectivity index (χ4v) is 5.09. The van der Waals surface area contributed by atoms with Crippen LogP contribution in [0.5, 0.6) is 0 Å². The molecule has 2 heterocycles. The number of allylic oxidation sites excluding steroid dienone is 1. The van der Waals surface area contributed by atoms with Crippen molar-refractivity contribution in [2.45, 2.75) is 62.4 Å². The highest BCUT2D eigenvalue weighted by molar-refractivity contribution is 7.98. The maximum atomic E-state index is 12.1. The molecule has 0 aliphatic heterocycles. The molecule has 8 heteroatoms. The Morgan fingerprint density at radius 1 is 1.29 bits per heavy atom. The zero-order chi connectivity index (χ0) is 21.8. The molecule has 1 fully saturated rings. The molecule has 1 aliphatic carbocycles. The van der Waals surface area contributed by atoms with Crippen LogP contribution in [0.3, 0.4) is 0 Å². The van der Waals surface area contributed by atoms with Crippen LogP contribution in [0.4, 0.5) is 5.69 Å². The Hall–Kier alpha value is -2.87. The second kappa shape index (κ2) is 9.51. The number of fused-ring (bicyclic) bond motifs is 1. The first-order valence-electron chi connectivity index (χ1n) is 10.6. The van der Waals surface area contributed by atoms with Gasteiger partial charge >= 0.3 is 5.63 Å². The second-order valence-corrected chi connectivity index (χ2v) is 8.79. The van der Waals surface area contributed by atoms with E-state index in [1.807, 2.05) is 12.1 Å². The summed E-state index contributed by atoms with van der Waals surface area (Å²) in [5.41, 5.74) is 1.48. The standard InChI is InChI=1S/C23H26N4O3S/c1-3-11-27-22(16-7-5-4-6-8-16)25-26-23(27)31-14-17-12-21(29)30-20-13-18(24-15(2)28)9-10-19(17)20/h3,9-10,12-13,16H,1,4-8,11,14H2,2H3,(H,24,28). The first kappa shape index (κ1) is 21.4. The summed E-state index contributed by atoms with van der Waals surface area (Å²) in [7, 11) is 0. The Kier molecular flexibility index (Phi) is 6.56. The Bertz CT molecular complexity index is 1160. The summed E-state index contributed by atoms with van der Waals surface area (Å²) in [6.07, 6.45) is 7.94. The van der Waals surface area contributed by atoms with Gasteiger partial charge in [-0.1, -0.05) is 37.1 Å². The normalized spacial score (nSPS) is 14.6. The quantitative estimate of drug-likeness (QED) is 0.322. The summed E-state index contributed by atoms with van der Waals surface area (Å²) in [6.45, 7) is 6.00. The lowest BCUT2D eigenvalue weighted by molar-refractivity contribution is -0.114. The van der Waals surface area contributed by atoms with Crippen LogP contribution in [0.1, 0.15) is 56.3 Å². The predicted molar refractivity (Wildman–Crippen MR) is 122 cm³/mol. The molecule has 1 saturated carbocycles. The van der Waals surface area contributed by atoms with Crippen molar-refractivity contribution in [3.63, 3.8) is 0 Å². The first-order chi connectivity index (χ1) is 15.0. The molecule has 0 radical (unpaired) electrons. The summed E-state index contributed by atoms with van der Waals surface area (Å²) < 4.78 is 7.51. The van der Waals surface area contributed by atoms with E-state index in [-0.39, 0.29) is 5.91 Å². The fraction of sp³-hybridized carbons (Fsp3) is 0.391. The smallest absolute Gasteiger partial charge is 0.336 e. The third-order valence-electron chi connectivity index (χ3n) is 5.53. The van der Waals surface area contributed by atoms with Crippen molar-refractivity contribution in [3.8, 4) is 0 Å². The molecule has 1 N–H and O–H groups in total. The third kappa shape index (κ3) is 4.90. The highest BCUT2D eigenvalue weighted by Crippen LogP contribution is 2.34. The summed E-state index contributed by atoms with van der Waals surface area (Å²) in [5.74, 6) is 1.87. The number of hydrogen-bond donors (Lipinski definition) is 1. The molecule has 0 saturated heterocycles. The highest BCUT2D eigenvalue weighted by atomic mass is 32.2. The van der Waals surface area contributed by atoms with Crippen molar-refractivity contribution in [2.75, 3.05) is 5.32 Å². The van der Waals surface area contributed by atoms with Gasteiger partial charge in [0.2, 0.25) is 5.91 Å². The minimum Gasteiger partial charge on any atom is -0.423 e. The topological polar surface area (TPSA) is 90.0 Å². The molecule has 0 atom stereocenters. The van der Waals surface area contributed by atoms with E-state index in [9.17, 15) is 9.59 Å². The largest absolute Gasteiger partial charge is 0.423 e. The number of nitrogens with one attached hydrogen (secondary N) is 1. The van der Waals surface area contributed by atoms with Crippen LogP contribution >= 0.6 is 11.8 Å². The summed E-state index contributed by atoms with van der Waals surface area (Å²) >= 11 is 1.55. The second-order valence-electron chi connectivity index (χ2n) is 7.85. The molecule has 0 unspecified atom stereocenters. The van der Waals surface area contributed by atoms with E-state index >= 15 is 0 Å². The molecule has 0 spiro atoms. The van der Waals surface area contributed by atoms with E-state index in [4.69, 9.17) is 4.42 Å². The van der Waals surface area contributed by atoms with E-state index in [2.05, 4.69) is 26.7 Å². The lowest BCUT2D eigenvalue weighted by Gasteiger charge is -2.21. The number of benzene rings is 1. The van der Waals surface area contributed by atoms with Gasteiger partial charge in [-0.3, -0.25) is 4.79 Å². The van der Waals surface area contributed by atoms with Gasteiger partial charge in [0.25, 0.3) is 0 Å². The van der Waals surface area contributed by atoms with Crippen LogP contribution in [-0.4, -0.2) is 20.7 Å². The number of nitrogens with zero attached hydrogens (tertiary/aromatic N) is 3. The minimum atomic E-state index is -0.418. The van der Waals surface area contributed by atoms with E-state index in [1.165, 1.54) is 32.3 Å². The molecule has 1 aliphatic rings. The van der Waals surface area contributed by atoms with E-state index in [1.54, 1.807) is 23.9 Å². The zero-order valence-electron chi connectivity index (χ0n) is 17.6. The lowest BCUT2D eigenvalue weighted by Crippen LogP contribution is -2.12. The van der Waals surface area contributed by atoms with Gasteiger partial charge in [-0.25, -0.2) is 4.79 Å². The van der Waals surface area contributed by atoms with Crippen molar-refractivity contribution in [2.24, 2.45) is 0 Å². The van der Waals surface area contributed by atoms with Gasteiger partial charge in [-0.15, -0.1) is 16.8 Å². The molecule has 1 amide bonds. The van der Waals surface area contributed by atoms with Crippen molar-refractivity contribution >= 4 is 34.3 Å². The molecular weight excluding hydrogens is 412 g/mol. The summed E-state index contributed by atoms with van der Waals surface area (Å²) in [6, 6.07) is 6.86. The molecule has 4 rings (SSSR count). The average molecular weight is 439 g/mol. The predicted octanol–water partition coefficient (Wildman–Crippen LogP) is 4.87. The number of aromatic nitrogens is 3. The number of carbonyl (C=O) groups is 1. The van der Waals surface area contributed by atoms with Crippen LogP contribution in [0.25, 0.3) is 11.0 Å². The summed E-state index contributed by atoms with van der Waals surface area (Å²) in [5, 5.41) is 13.3. The number of amides is 1. The van der Waals surface area contributed by atoms with Crippen molar-refractivity contribution in [1.29, 1.82) is 0 Å². The molecule has 31 heavy (non-hydrogen) atoms. The van der Waals surface area contributed by atoms with Crippen LogP contribution in [0.15, 0.2) is 51.3 Å². The zero-order valence-corrected chi connectivity index (χ0v) is 18.4. The lowest BCUT2D eigenvalue weighted by atomic mass is 9.89. The Morgan fingerprint density at radius 2 is 2.10 bits per heavy atom. The number of thioether (sulfide) groups is 1. The number of rotatable bonds is 7. The van der Waals surface area contributed by atoms with Gasteiger partial charge in [-0.05, 0) is 30.5 Å². The molecular formula is C23H26N4O3S. The first-order valence-corrected chi connectivity index (χ1v) is 11.5. The SMILES string of the molecule is C=CCn1c(SCc2cc(=O)oc3cc(NC(C)=O)ccc23)nnc1C1CCCCC1. The Morgan fingerprint density at radius 3 is 2.84 bits per heavy atom. The molecule has 2 aromatic heterocycles. The van der Waals surface area contributed by atoms with Crippen LogP contribution in [0, 0.1) is 0 Å². The molecule has 3 aromatic rings. The van der Waals surface area contributed by atoms with Crippen LogP contribution in [-0.2, 0) is 17.1 Å². The maximum Gasteiger partial charge on any atom is 0.336 e. The fourth-order valence-electron chi connectivity index (χ4n) is 4.14. The monoisotopic (exact) mass is 438 g/mol. The molecule has 1 aromatic carbocycles. The number of anilines is 1. The average Bonchev–Trinajstić information content (AvgIpc) is 3.14. The van der Waals surface area contributed by atoms with Crippen molar-refractivity contribution in [1.82, 2.24) is 14.8 Å². The third-order valence-corrected chi connectivity index (χ3v) is 6.55. The minimum absolute atomic E-state index is 0.177. The summed E-state index contributed by atoms with van der Waals surface area (Å²) in [4.78, 5) is 23.4. The van der Waals surface area contributed by atoms with E-state index in [0.29, 0.717) is 29.5 Å².